The van der Waals surface area contributed by atoms with E-state index in [9.17, 15) is 4.79 Å². The topological polar surface area (TPSA) is 45.5 Å². The molecule has 0 atom stereocenters. The number of nitrogens with one attached hydrogen (secondary N) is 1. The van der Waals surface area contributed by atoms with E-state index in [-0.39, 0.29) is 5.91 Å². The van der Waals surface area contributed by atoms with Crippen LogP contribution in [0.1, 0.15) is 19.6 Å². The zero-order valence-corrected chi connectivity index (χ0v) is 11.2. The van der Waals surface area contributed by atoms with E-state index in [1.54, 1.807) is 4.90 Å². The van der Waals surface area contributed by atoms with Gasteiger partial charge in [-0.15, -0.1) is 0 Å². The lowest BCUT2D eigenvalue weighted by atomic mass is 10.4. The number of hydrogen-bond donors (Lipinski definition) is 1. The molecule has 1 heterocycles. The van der Waals surface area contributed by atoms with E-state index in [1.165, 1.54) is 0 Å². The molecule has 16 heavy (non-hydrogen) atoms. The molecule has 4 nitrogen and oxygen atoms in total. The second kappa shape index (κ2) is 6.70. The van der Waals surface area contributed by atoms with Crippen LogP contribution in [0.2, 0.25) is 0 Å². The molecule has 1 aromatic heterocycles. The summed E-state index contributed by atoms with van der Waals surface area (Å²) in [6.45, 7) is 6.38. The van der Waals surface area contributed by atoms with Gasteiger partial charge >= 0.3 is 0 Å². The first kappa shape index (κ1) is 13.3. The van der Waals surface area contributed by atoms with Crippen molar-refractivity contribution in [2.24, 2.45) is 0 Å². The molecule has 0 unspecified atom stereocenters. The highest BCUT2D eigenvalue weighted by molar-refractivity contribution is 9.10. The van der Waals surface area contributed by atoms with Crippen LogP contribution in [0.15, 0.2) is 21.2 Å². The Balaban J connectivity index is 2.27. The van der Waals surface area contributed by atoms with Gasteiger partial charge in [-0.05, 0) is 41.9 Å². The summed E-state index contributed by atoms with van der Waals surface area (Å²) in [5, 5.41) is 3.06. The van der Waals surface area contributed by atoms with Crippen molar-refractivity contribution in [3.8, 4) is 0 Å². The van der Waals surface area contributed by atoms with Gasteiger partial charge < -0.3 is 14.6 Å². The molecule has 0 spiro atoms. The van der Waals surface area contributed by atoms with Crippen molar-refractivity contribution in [2.75, 3.05) is 19.6 Å². The maximum absolute atomic E-state index is 11.6. The van der Waals surface area contributed by atoms with E-state index in [0.717, 1.165) is 18.8 Å². The number of nitrogens with zero attached hydrogens (tertiary/aromatic N) is 1. The van der Waals surface area contributed by atoms with E-state index < -0.39 is 0 Å². The van der Waals surface area contributed by atoms with Crippen LogP contribution in [0.4, 0.5) is 0 Å². The zero-order chi connectivity index (χ0) is 12.0. The fraction of sp³-hybridized carbons (Fsp3) is 0.545. The molecule has 0 bridgehead atoms. The molecule has 0 aromatic carbocycles. The van der Waals surface area contributed by atoms with Crippen LogP contribution < -0.4 is 5.32 Å². The Morgan fingerprint density at radius 3 is 2.62 bits per heavy atom. The van der Waals surface area contributed by atoms with Crippen LogP contribution in [0.3, 0.4) is 0 Å². The van der Waals surface area contributed by atoms with Crippen LogP contribution in [-0.4, -0.2) is 30.4 Å². The van der Waals surface area contributed by atoms with Crippen molar-refractivity contribution in [3.63, 3.8) is 0 Å². The number of rotatable bonds is 6. The average Bonchev–Trinajstić information content (AvgIpc) is 2.66. The quantitative estimate of drug-likeness (QED) is 0.871. The molecule has 1 rings (SSSR count). The number of amides is 1. The lowest BCUT2D eigenvalue weighted by molar-refractivity contribution is -0.129. The summed E-state index contributed by atoms with van der Waals surface area (Å²) in [6, 6.07) is 3.71. The maximum Gasteiger partial charge on any atom is 0.236 e. The van der Waals surface area contributed by atoms with Gasteiger partial charge in [-0.3, -0.25) is 4.79 Å². The van der Waals surface area contributed by atoms with E-state index >= 15 is 0 Å². The van der Waals surface area contributed by atoms with Crippen LogP contribution >= 0.6 is 15.9 Å². The summed E-state index contributed by atoms with van der Waals surface area (Å²) in [4.78, 5) is 13.4. The smallest absolute Gasteiger partial charge is 0.236 e. The van der Waals surface area contributed by atoms with Gasteiger partial charge in [0.15, 0.2) is 4.67 Å². The molecular formula is C11H17BrN2O2. The van der Waals surface area contributed by atoms with Gasteiger partial charge in [0.2, 0.25) is 5.91 Å². The minimum Gasteiger partial charge on any atom is -0.453 e. The first-order valence-electron chi connectivity index (χ1n) is 5.40. The summed E-state index contributed by atoms with van der Waals surface area (Å²) < 4.78 is 6.02. The molecule has 0 aliphatic heterocycles. The molecular weight excluding hydrogens is 272 g/mol. The fourth-order valence-corrected chi connectivity index (χ4v) is 1.77. The molecule has 0 aliphatic rings. The SMILES string of the molecule is CCN(CC)C(=O)CNCc1ccc(Br)o1. The van der Waals surface area contributed by atoms with Crippen molar-refractivity contribution in [1.29, 1.82) is 0 Å². The zero-order valence-electron chi connectivity index (χ0n) is 9.62. The number of halogens is 1. The summed E-state index contributed by atoms with van der Waals surface area (Å²) in [6.07, 6.45) is 0. The predicted octanol–water partition coefficient (Wildman–Crippen LogP) is 2.00. The van der Waals surface area contributed by atoms with Crippen molar-refractivity contribution >= 4 is 21.8 Å². The first-order chi connectivity index (χ1) is 7.67. The Morgan fingerprint density at radius 2 is 2.12 bits per heavy atom. The third kappa shape index (κ3) is 3.98. The second-order valence-electron chi connectivity index (χ2n) is 3.38. The monoisotopic (exact) mass is 288 g/mol. The summed E-state index contributed by atoms with van der Waals surface area (Å²) in [5.41, 5.74) is 0. The summed E-state index contributed by atoms with van der Waals surface area (Å²) in [7, 11) is 0. The van der Waals surface area contributed by atoms with Crippen molar-refractivity contribution in [2.45, 2.75) is 20.4 Å². The van der Waals surface area contributed by atoms with Gasteiger partial charge in [-0.25, -0.2) is 0 Å². The lowest BCUT2D eigenvalue weighted by Crippen LogP contribution is -2.37. The lowest BCUT2D eigenvalue weighted by Gasteiger charge is -2.18. The normalized spacial score (nSPS) is 10.4. The van der Waals surface area contributed by atoms with Crippen LogP contribution in [0.5, 0.6) is 0 Å². The number of furan rings is 1. The number of carbonyl (C=O) groups excluding carboxylic acids is 1. The second-order valence-corrected chi connectivity index (χ2v) is 4.16. The summed E-state index contributed by atoms with van der Waals surface area (Å²) >= 11 is 3.23. The van der Waals surface area contributed by atoms with Gasteiger partial charge in [0.1, 0.15) is 5.76 Å². The van der Waals surface area contributed by atoms with Crippen molar-refractivity contribution in [1.82, 2.24) is 10.2 Å². The molecule has 1 N–H and O–H groups in total. The van der Waals surface area contributed by atoms with Gasteiger partial charge in [-0.2, -0.15) is 0 Å². The Labute approximate surface area is 104 Å². The van der Waals surface area contributed by atoms with E-state index in [1.807, 2.05) is 26.0 Å². The van der Waals surface area contributed by atoms with E-state index in [2.05, 4.69) is 21.2 Å². The number of hydrogen-bond acceptors (Lipinski definition) is 3. The average molecular weight is 289 g/mol. The highest BCUT2D eigenvalue weighted by Crippen LogP contribution is 2.13. The van der Waals surface area contributed by atoms with Gasteiger partial charge in [0.05, 0.1) is 13.1 Å². The first-order valence-corrected chi connectivity index (χ1v) is 6.19. The van der Waals surface area contributed by atoms with Crippen LogP contribution in [0, 0.1) is 0 Å². The Kier molecular flexibility index (Phi) is 5.55. The highest BCUT2D eigenvalue weighted by atomic mass is 79.9. The molecule has 0 fully saturated rings. The molecule has 0 aliphatic carbocycles. The number of likely N-dealkylation sites (N-methyl/N-ethyl adjacent to an activating group) is 1. The van der Waals surface area contributed by atoms with Gasteiger partial charge in [0.25, 0.3) is 0 Å². The molecule has 0 radical (unpaired) electrons. The van der Waals surface area contributed by atoms with E-state index in [4.69, 9.17) is 4.42 Å². The van der Waals surface area contributed by atoms with Crippen LogP contribution in [0.25, 0.3) is 0 Å². The predicted molar refractivity (Wildman–Crippen MR) is 66.0 cm³/mol. The highest BCUT2D eigenvalue weighted by Gasteiger charge is 2.08. The van der Waals surface area contributed by atoms with Gasteiger partial charge in [0, 0.05) is 13.1 Å². The molecule has 1 amide bonds. The minimum atomic E-state index is 0.121. The van der Waals surface area contributed by atoms with Crippen molar-refractivity contribution in [3.05, 3.63) is 22.6 Å². The largest absolute Gasteiger partial charge is 0.453 e. The Bertz CT molecular complexity index is 334. The van der Waals surface area contributed by atoms with Gasteiger partial charge in [-0.1, -0.05) is 0 Å². The molecule has 0 saturated carbocycles. The standard InChI is InChI=1S/C11H17BrN2O2/c1-3-14(4-2)11(15)8-13-7-9-5-6-10(12)16-9/h5-6,13H,3-4,7-8H2,1-2H3. The number of carbonyl (C=O) groups is 1. The Morgan fingerprint density at radius 1 is 1.44 bits per heavy atom. The van der Waals surface area contributed by atoms with E-state index in [0.29, 0.717) is 17.8 Å². The molecule has 1 aromatic rings. The molecule has 90 valence electrons. The molecule has 5 heteroatoms. The van der Waals surface area contributed by atoms with Crippen LogP contribution in [-0.2, 0) is 11.3 Å². The summed E-state index contributed by atoms with van der Waals surface area (Å²) in [5.74, 6) is 0.940. The fourth-order valence-electron chi connectivity index (χ4n) is 1.43. The molecule has 0 saturated heterocycles. The van der Waals surface area contributed by atoms with Crippen molar-refractivity contribution < 1.29 is 9.21 Å². The Hall–Kier alpha value is -0.810. The minimum absolute atomic E-state index is 0.121. The maximum atomic E-state index is 11.6. The third-order valence-electron chi connectivity index (χ3n) is 2.32. The third-order valence-corrected chi connectivity index (χ3v) is 2.75.